The minimum atomic E-state index is -1.12. The van der Waals surface area contributed by atoms with Gasteiger partial charge in [-0.05, 0) is 36.5 Å². The predicted octanol–water partition coefficient (Wildman–Crippen LogP) is 3.26. The van der Waals surface area contributed by atoms with Gasteiger partial charge >= 0.3 is 5.97 Å². The van der Waals surface area contributed by atoms with E-state index in [1.54, 1.807) is 24.3 Å². The first-order chi connectivity index (χ1) is 12.4. The van der Waals surface area contributed by atoms with Crippen molar-refractivity contribution in [3.8, 4) is 11.6 Å². The van der Waals surface area contributed by atoms with Crippen molar-refractivity contribution in [2.24, 2.45) is 0 Å². The number of hydrogen-bond acceptors (Lipinski definition) is 7. The first-order valence-corrected chi connectivity index (χ1v) is 8.54. The lowest BCUT2D eigenvalue weighted by molar-refractivity contribution is -0.137. The van der Waals surface area contributed by atoms with Gasteiger partial charge < -0.3 is 14.9 Å². The number of rotatable bonds is 4. The molecule has 0 spiro atoms. The van der Waals surface area contributed by atoms with Crippen LogP contribution in [-0.4, -0.2) is 32.4 Å². The van der Waals surface area contributed by atoms with Gasteiger partial charge in [-0.3, -0.25) is 19.6 Å². The summed E-state index contributed by atoms with van der Waals surface area (Å²) in [5.74, 6) is -1.64. The van der Waals surface area contributed by atoms with E-state index in [2.05, 4.69) is 0 Å². The maximum atomic E-state index is 12.5. The van der Waals surface area contributed by atoms with Crippen molar-refractivity contribution < 1.29 is 24.5 Å². The number of para-hydroxylation sites is 1. The summed E-state index contributed by atoms with van der Waals surface area (Å²) < 4.78 is 6.65. The number of allylic oxidation sites excluding steroid dienone is 2. The largest absolute Gasteiger partial charge is 0.493 e. The minimum absolute atomic E-state index is 0.0769. The van der Waals surface area contributed by atoms with Crippen molar-refractivity contribution in [1.29, 1.82) is 5.41 Å². The third-order valence-electron chi connectivity index (χ3n) is 3.53. The van der Waals surface area contributed by atoms with Gasteiger partial charge in [0.15, 0.2) is 3.95 Å². The molecule has 1 aliphatic rings. The van der Waals surface area contributed by atoms with Crippen LogP contribution in [0, 0.1) is 9.36 Å². The Morgan fingerprint density at radius 2 is 2.12 bits per heavy atom. The van der Waals surface area contributed by atoms with Crippen LogP contribution in [-0.2, 0) is 11.3 Å². The van der Waals surface area contributed by atoms with Crippen LogP contribution in [0.4, 0.5) is 0 Å². The Balaban J connectivity index is 1.89. The first-order valence-electron chi connectivity index (χ1n) is 7.31. The number of Topliss-reactive ketones (excluding diaryl/α,β-unsaturated/α-hetero) is 1. The molecule has 0 bridgehead atoms. The molecule has 0 amide bonds. The predicted molar refractivity (Wildman–Crippen MR) is 98.7 cm³/mol. The number of aromatic nitrogens is 1. The molecule has 0 unspecified atom stereocenters. The number of carbonyl (C=O) groups excluding carboxylic acids is 1. The summed E-state index contributed by atoms with van der Waals surface area (Å²) in [6.45, 7) is -0.441. The third kappa shape index (κ3) is 3.35. The van der Waals surface area contributed by atoms with Crippen LogP contribution in [0.5, 0.6) is 11.6 Å². The summed E-state index contributed by atoms with van der Waals surface area (Å²) in [7, 11) is 0. The third-order valence-corrected chi connectivity index (χ3v) is 4.93. The molecular weight excluding hydrogens is 376 g/mol. The van der Waals surface area contributed by atoms with E-state index in [0.29, 0.717) is 16.2 Å². The fourth-order valence-electron chi connectivity index (χ4n) is 2.34. The van der Waals surface area contributed by atoms with E-state index in [1.807, 2.05) is 0 Å². The lowest BCUT2D eigenvalue weighted by atomic mass is 9.99. The topological polar surface area (TPSA) is 113 Å². The summed E-state index contributed by atoms with van der Waals surface area (Å²) >= 11 is 6.07. The molecule has 3 rings (SSSR count). The summed E-state index contributed by atoms with van der Waals surface area (Å²) in [6.07, 6.45) is 4.37. The number of nitrogens with one attached hydrogen (secondary N) is 1. The van der Waals surface area contributed by atoms with Crippen molar-refractivity contribution in [3.63, 3.8) is 0 Å². The molecule has 0 saturated heterocycles. The molecule has 0 saturated carbocycles. The molecule has 0 radical (unpaired) electrons. The highest BCUT2D eigenvalue weighted by Gasteiger charge is 2.27. The van der Waals surface area contributed by atoms with E-state index < -0.39 is 12.5 Å². The number of thiazole rings is 1. The van der Waals surface area contributed by atoms with E-state index in [-0.39, 0.29) is 27.1 Å². The number of hydrogen-bond donors (Lipinski definition) is 3. The number of aromatic hydroxyl groups is 1. The first kappa shape index (κ1) is 17.8. The second-order valence-corrected chi connectivity index (χ2v) is 6.91. The van der Waals surface area contributed by atoms with Crippen LogP contribution in [0.25, 0.3) is 6.08 Å². The molecule has 9 heteroatoms. The highest BCUT2D eigenvalue weighted by molar-refractivity contribution is 7.73. The summed E-state index contributed by atoms with van der Waals surface area (Å²) in [5.41, 5.74) is 0.447. The monoisotopic (exact) mass is 388 g/mol. The number of aliphatic carboxylic acids is 1. The molecule has 132 valence electrons. The molecule has 3 N–H and O–H groups in total. The Labute approximate surface area is 156 Å². The van der Waals surface area contributed by atoms with E-state index in [1.165, 1.54) is 18.2 Å². The quantitative estimate of drug-likeness (QED) is 0.547. The highest BCUT2D eigenvalue weighted by atomic mass is 32.1. The molecule has 0 atom stereocenters. The summed E-state index contributed by atoms with van der Waals surface area (Å²) in [5, 5.41) is 26.8. The Hall–Kier alpha value is -3.04. The SMILES string of the molecule is N=C1Oc2ccccc2C(=O)C1=CC=Cc1sc(=S)n(CC(=O)O)c1O. The zero-order chi connectivity index (χ0) is 18.8. The zero-order valence-electron chi connectivity index (χ0n) is 13.1. The maximum absolute atomic E-state index is 12.5. The van der Waals surface area contributed by atoms with Crippen molar-refractivity contribution in [1.82, 2.24) is 4.57 Å². The Morgan fingerprint density at radius 3 is 2.85 bits per heavy atom. The Morgan fingerprint density at radius 1 is 1.38 bits per heavy atom. The number of benzene rings is 1. The molecule has 0 aliphatic carbocycles. The normalized spacial score (nSPS) is 15.3. The van der Waals surface area contributed by atoms with Gasteiger partial charge in [-0.1, -0.05) is 18.2 Å². The molecule has 1 aromatic carbocycles. The second-order valence-electron chi connectivity index (χ2n) is 5.23. The number of ether oxygens (including phenoxy) is 1. The van der Waals surface area contributed by atoms with Crippen LogP contribution in [0.15, 0.2) is 42.0 Å². The van der Waals surface area contributed by atoms with Gasteiger partial charge in [-0.25, -0.2) is 0 Å². The molecule has 1 aliphatic heterocycles. The van der Waals surface area contributed by atoms with Crippen LogP contribution in [0.3, 0.4) is 0 Å². The van der Waals surface area contributed by atoms with Gasteiger partial charge in [0.2, 0.25) is 17.6 Å². The Bertz CT molecular complexity index is 1050. The number of carbonyl (C=O) groups is 2. The van der Waals surface area contributed by atoms with Crippen molar-refractivity contribution in [3.05, 3.63) is 56.4 Å². The molecule has 0 fully saturated rings. The van der Waals surface area contributed by atoms with E-state index in [4.69, 9.17) is 27.5 Å². The van der Waals surface area contributed by atoms with Gasteiger partial charge in [0.25, 0.3) is 0 Å². The van der Waals surface area contributed by atoms with Gasteiger partial charge in [0.05, 0.1) is 16.0 Å². The van der Waals surface area contributed by atoms with E-state index in [9.17, 15) is 14.7 Å². The van der Waals surface area contributed by atoms with Crippen molar-refractivity contribution in [2.75, 3.05) is 0 Å². The van der Waals surface area contributed by atoms with E-state index in [0.717, 1.165) is 15.9 Å². The smallest absolute Gasteiger partial charge is 0.323 e. The van der Waals surface area contributed by atoms with Crippen molar-refractivity contribution >= 4 is 47.3 Å². The summed E-state index contributed by atoms with van der Waals surface area (Å²) in [4.78, 5) is 23.6. The number of carboxylic acids is 1. The zero-order valence-corrected chi connectivity index (χ0v) is 14.8. The average Bonchev–Trinajstić information content (AvgIpc) is 2.85. The van der Waals surface area contributed by atoms with Crippen LogP contribution in [0.1, 0.15) is 15.2 Å². The summed E-state index contributed by atoms with van der Waals surface area (Å²) in [6, 6.07) is 6.65. The maximum Gasteiger partial charge on any atom is 0.323 e. The Kier molecular flexibility index (Phi) is 4.83. The number of carboxylic acid groups (broad SMARTS) is 1. The molecule has 7 nitrogen and oxygen atoms in total. The lowest BCUT2D eigenvalue weighted by Crippen LogP contribution is -2.24. The number of fused-ring (bicyclic) bond motifs is 1. The average molecular weight is 388 g/mol. The molecule has 1 aromatic heterocycles. The van der Waals surface area contributed by atoms with Crippen LogP contribution >= 0.6 is 23.6 Å². The van der Waals surface area contributed by atoms with Crippen LogP contribution in [0.2, 0.25) is 0 Å². The van der Waals surface area contributed by atoms with Crippen molar-refractivity contribution in [2.45, 2.75) is 6.54 Å². The number of nitrogens with zero attached hydrogens (tertiary/aromatic N) is 1. The van der Waals surface area contributed by atoms with Gasteiger partial charge in [-0.15, -0.1) is 11.3 Å². The molecule has 26 heavy (non-hydrogen) atoms. The standard InChI is InChI=1S/C17H12N2O5S2/c18-15-10(14(22)9-4-1-2-6-11(9)24-15)5-3-7-12-16(23)19(8-13(20)21)17(25)26-12/h1-7,18,23H,8H2,(H,20,21). The number of ketones is 1. The fourth-order valence-corrected chi connectivity index (χ4v) is 3.55. The van der Waals surface area contributed by atoms with Gasteiger partial charge in [-0.2, -0.15) is 0 Å². The van der Waals surface area contributed by atoms with Gasteiger partial charge in [0, 0.05) is 0 Å². The molecule has 2 heterocycles. The molecule has 2 aromatic rings. The lowest BCUT2D eigenvalue weighted by Gasteiger charge is -2.18. The van der Waals surface area contributed by atoms with Crippen LogP contribution < -0.4 is 4.74 Å². The minimum Gasteiger partial charge on any atom is -0.493 e. The van der Waals surface area contributed by atoms with E-state index >= 15 is 0 Å². The van der Waals surface area contributed by atoms with Gasteiger partial charge in [0.1, 0.15) is 12.3 Å². The molecular formula is C17H12N2O5S2. The second kappa shape index (κ2) is 7.06. The fraction of sp³-hybridized carbons (Fsp3) is 0.0588. The highest BCUT2D eigenvalue weighted by Crippen LogP contribution is 2.29.